The third-order valence-corrected chi connectivity index (χ3v) is 8.94. The second-order valence-corrected chi connectivity index (χ2v) is 12.0. The molecule has 0 spiro atoms. The van der Waals surface area contributed by atoms with Gasteiger partial charge in [-0.25, -0.2) is 15.0 Å². The van der Waals surface area contributed by atoms with Gasteiger partial charge in [0.2, 0.25) is 0 Å². The minimum atomic E-state index is 0.589. The SMILES string of the molecule is c1ccc(-c2cc(-c3ccccc3)c3oc4c(-c5ccccc5)ccc(-c5nc(-c6ccccc6)nc(-c6ccccc6)n5)c4c3c2)cc1. The summed E-state index contributed by atoms with van der Waals surface area (Å²) in [4.78, 5) is 15.2. The van der Waals surface area contributed by atoms with Crippen LogP contribution in [-0.4, -0.2) is 15.0 Å². The number of hydrogen-bond acceptors (Lipinski definition) is 4. The molecule has 0 amide bonds. The van der Waals surface area contributed by atoms with Crippen LogP contribution < -0.4 is 0 Å². The topological polar surface area (TPSA) is 51.8 Å². The van der Waals surface area contributed by atoms with Crippen molar-refractivity contribution in [1.29, 1.82) is 0 Å². The third kappa shape index (κ3) is 5.26. The maximum absolute atomic E-state index is 7.04. The quantitative estimate of drug-likeness (QED) is 0.184. The monoisotopic (exact) mass is 627 g/mol. The first-order chi connectivity index (χ1) is 24.3. The number of benzene rings is 7. The first kappa shape index (κ1) is 28.6. The van der Waals surface area contributed by atoms with E-state index in [4.69, 9.17) is 19.4 Å². The van der Waals surface area contributed by atoms with E-state index in [2.05, 4.69) is 97.1 Å². The van der Waals surface area contributed by atoms with Gasteiger partial charge in [-0.1, -0.05) is 152 Å². The molecule has 9 aromatic rings. The minimum absolute atomic E-state index is 0.589. The number of furan rings is 1. The van der Waals surface area contributed by atoms with Gasteiger partial charge in [-0.2, -0.15) is 0 Å². The fourth-order valence-electron chi connectivity index (χ4n) is 6.57. The lowest BCUT2D eigenvalue weighted by Gasteiger charge is -2.11. The standard InChI is InChI=1S/C45H29N3O/c1-6-16-30(17-7-1)35-28-38(32-20-10-3-11-21-32)41-39(29-35)40-37(27-26-36(42(40)49-41)31-18-8-2-9-19-31)45-47-43(33-22-12-4-13-23-33)46-44(48-45)34-24-14-5-15-25-34/h1-29H. The zero-order valence-electron chi connectivity index (χ0n) is 26.5. The highest BCUT2D eigenvalue weighted by molar-refractivity contribution is 6.19. The van der Waals surface area contributed by atoms with Crippen LogP contribution >= 0.6 is 0 Å². The Kier molecular flexibility index (Phi) is 7.10. The summed E-state index contributed by atoms with van der Waals surface area (Å²) in [5.41, 5.74) is 10.8. The summed E-state index contributed by atoms with van der Waals surface area (Å²) in [5.74, 6) is 1.83. The van der Waals surface area contributed by atoms with Crippen molar-refractivity contribution in [3.63, 3.8) is 0 Å². The summed E-state index contributed by atoms with van der Waals surface area (Å²) in [6.45, 7) is 0. The van der Waals surface area contributed by atoms with E-state index in [0.717, 1.165) is 72.0 Å². The van der Waals surface area contributed by atoms with Crippen molar-refractivity contribution in [2.45, 2.75) is 0 Å². The molecule has 4 nitrogen and oxygen atoms in total. The van der Waals surface area contributed by atoms with Crippen molar-refractivity contribution in [2.75, 3.05) is 0 Å². The molecule has 2 heterocycles. The van der Waals surface area contributed by atoms with Crippen molar-refractivity contribution in [3.8, 4) is 67.5 Å². The second kappa shape index (κ2) is 12.2. The summed E-state index contributed by atoms with van der Waals surface area (Å²) in [6, 6.07) is 60.3. The molecule has 0 fully saturated rings. The number of nitrogens with zero attached hydrogens (tertiary/aromatic N) is 3. The Morgan fingerprint density at radius 3 is 1.27 bits per heavy atom. The van der Waals surface area contributed by atoms with Crippen molar-refractivity contribution >= 4 is 21.9 Å². The van der Waals surface area contributed by atoms with Crippen molar-refractivity contribution < 1.29 is 4.42 Å². The van der Waals surface area contributed by atoms with Crippen LogP contribution in [0.5, 0.6) is 0 Å². The predicted molar refractivity (Wildman–Crippen MR) is 200 cm³/mol. The van der Waals surface area contributed by atoms with Crippen LogP contribution in [0.2, 0.25) is 0 Å². The first-order valence-corrected chi connectivity index (χ1v) is 16.4. The minimum Gasteiger partial charge on any atom is -0.455 e. The lowest BCUT2D eigenvalue weighted by molar-refractivity contribution is 0.671. The zero-order chi connectivity index (χ0) is 32.6. The molecule has 0 saturated heterocycles. The van der Waals surface area contributed by atoms with E-state index in [0.29, 0.717) is 17.5 Å². The number of hydrogen-bond donors (Lipinski definition) is 0. The summed E-state index contributed by atoms with van der Waals surface area (Å²) < 4.78 is 7.04. The highest BCUT2D eigenvalue weighted by Crippen LogP contribution is 2.45. The van der Waals surface area contributed by atoms with Crippen LogP contribution in [0, 0.1) is 0 Å². The average molecular weight is 628 g/mol. The molecule has 7 aromatic carbocycles. The molecule has 49 heavy (non-hydrogen) atoms. The maximum atomic E-state index is 7.04. The highest BCUT2D eigenvalue weighted by Gasteiger charge is 2.23. The Bertz CT molecular complexity index is 2510. The van der Waals surface area contributed by atoms with E-state index >= 15 is 0 Å². The van der Waals surface area contributed by atoms with E-state index in [1.54, 1.807) is 0 Å². The number of fused-ring (bicyclic) bond motifs is 3. The van der Waals surface area contributed by atoms with Crippen LogP contribution in [-0.2, 0) is 0 Å². The van der Waals surface area contributed by atoms with E-state index in [9.17, 15) is 0 Å². The summed E-state index contributed by atoms with van der Waals surface area (Å²) in [6.07, 6.45) is 0. The van der Waals surface area contributed by atoms with Gasteiger partial charge in [0.25, 0.3) is 0 Å². The molecule has 0 bridgehead atoms. The van der Waals surface area contributed by atoms with Crippen LogP contribution in [0.25, 0.3) is 89.5 Å². The van der Waals surface area contributed by atoms with Crippen molar-refractivity contribution in [2.24, 2.45) is 0 Å². The Balaban J connectivity index is 1.40. The second-order valence-electron chi connectivity index (χ2n) is 12.0. The van der Waals surface area contributed by atoms with Gasteiger partial charge in [-0.05, 0) is 46.5 Å². The van der Waals surface area contributed by atoms with Crippen molar-refractivity contribution in [1.82, 2.24) is 15.0 Å². The molecule has 230 valence electrons. The smallest absolute Gasteiger partial charge is 0.164 e. The maximum Gasteiger partial charge on any atom is 0.164 e. The van der Waals surface area contributed by atoms with Gasteiger partial charge >= 0.3 is 0 Å². The van der Waals surface area contributed by atoms with Crippen LogP contribution in [0.1, 0.15) is 0 Å². The van der Waals surface area contributed by atoms with Gasteiger partial charge in [-0.3, -0.25) is 0 Å². The van der Waals surface area contributed by atoms with Gasteiger partial charge in [0.1, 0.15) is 11.2 Å². The molecular weight excluding hydrogens is 599 g/mol. The van der Waals surface area contributed by atoms with Gasteiger partial charge in [0.05, 0.1) is 0 Å². The number of rotatable bonds is 6. The lowest BCUT2D eigenvalue weighted by Crippen LogP contribution is -2.00. The van der Waals surface area contributed by atoms with Crippen LogP contribution in [0.15, 0.2) is 180 Å². The third-order valence-electron chi connectivity index (χ3n) is 8.94. The van der Waals surface area contributed by atoms with Gasteiger partial charge in [-0.15, -0.1) is 0 Å². The molecule has 0 saturated carbocycles. The average Bonchev–Trinajstić information content (AvgIpc) is 3.58. The van der Waals surface area contributed by atoms with Crippen LogP contribution in [0.4, 0.5) is 0 Å². The first-order valence-electron chi connectivity index (χ1n) is 16.4. The highest BCUT2D eigenvalue weighted by atomic mass is 16.3. The fraction of sp³-hybridized carbons (Fsp3) is 0. The van der Waals surface area contributed by atoms with Crippen LogP contribution in [0.3, 0.4) is 0 Å². The molecule has 0 N–H and O–H groups in total. The van der Waals surface area contributed by atoms with Crippen molar-refractivity contribution in [3.05, 3.63) is 176 Å². The Morgan fingerprint density at radius 1 is 0.306 bits per heavy atom. The van der Waals surface area contributed by atoms with Gasteiger partial charge in [0, 0.05) is 38.6 Å². The van der Waals surface area contributed by atoms with E-state index in [-0.39, 0.29) is 0 Å². The molecule has 9 rings (SSSR count). The summed E-state index contributed by atoms with van der Waals surface area (Å²) in [7, 11) is 0. The Morgan fingerprint density at radius 2 is 0.735 bits per heavy atom. The molecule has 0 atom stereocenters. The molecular formula is C45H29N3O. The number of aromatic nitrogens is 3. The Hall–Kier alpha value is -6.65. The fourth-order valence-corrected chi connectivity index (χ4v) is 6.57. The molecule has 0 aliphatic rings. The molecule has 0 radical (unpaired) electrons. The van der Waals surface area contributed by atoms with E-state index in [1.165, 1.54) is 0 Å². The molecule has 0 aliphatic heterocycles. The van der Waals surface area contributed by atoms with Gasteiger partial charge < -0.3 is 4.42 Å². The molecule has 2 aromatic heterocycles. The normalized spacial score (nSPS) is 11.3. The predicted octanol–water partition coefficient (Wildman–Crippen LogP) is 11.8. The largest absolute Gasteiger partial charge is 0.455 e. The van der Waals surface area contributed by atoms with E-state index < -0.39 is 0 Å². The molecule has 0 aliphatic carbocycles. The Labute approximate surface area is 284 Å². The summed E-state index contributed by atoms with van der Waals surface area (Å²) in [5, 5.41) is 1.97. The molecule has 4 heteroatoms. The molecule has 0 unspecified atom stereocenters. The van der Waals surface area contributed by atoms with E-state index in [1.807, 2.05) is 78.9 Å². The van der Waals surface area contributed by atoms with Gasteiger partial charge in [0.15, 0.2) is 17.5 Å². The summed E-state index contributed by atoms with van der Waals surface area (Å²) >= 11 is 0. The lowest BCUT2D eigenvalue weighted by atomic mass is 9.93. The zero-order valence-corrected chi connectivity index (χ0v) is 26.5.